The second-order valence-corrected chi connectivity index (χ2v) is 6.02. The van der Waals surface area contributed by atoms with Crippen molar-refractivity contribution in [3.63, 3.8) is 0 Å². The van der Waals surface area contributed by atoms with Crippen LogP contribution in [0.3, 0.4) is 0 Å². The average molecular weight is 284 g/mol. The molecule has 0 aromatic carbocycles. The first-order valence-electron chi connectivity index (χ1n) is 6.84. The summed E-state index contributed by atoms with van der Waals surface area (Å²) in [6.07, 6.45) is 3.77. The van der Waals surface area contributed by atoms with E-state index in [2.05, 4.69) is 37.6 Å². The number of carbonyl (C=O) groups is 1. The molecule has 108 valence electrons. The van der Waals surface area contributed by atoms with Crippen molar-refractivity contribution in [1.82, 2.24) is 4.98 Å². The number of carbonyl (C=O) groups excluding carboxylic acids is 1. The van der Waals surface area contributed by atoms with Crippen molar-refractivity contribution in [1.29, 1.82) is 0 Å². The minimum Gasteiger partial charge on any atom is -0.465 e. The molecule has 1 aromatic rings. The molecule has 0 radical (unpaired) electrons. The number of methoxy groups -OCH3 is 1. The number of thiazole rings is 1. The second kappa shape index (κ2) is 7.48. The Bertz CT molecular complexity index is 400. The molecule has 1 heterocycles. The van der Waals surface area contributed by atoms with Gasteiger partial charge in [0.2, 0.25) is 0 Å². The number of ether oxygens (including phenoxy) is 1. The molecular formula is C14H24N2O2S. The van der Waals surface area contributed by atoms with Crippen LogP contribution in [0.25, 0.3) is 0 Å². The Morgan fingerprint density at radius 2 is 2.05 bits per heavy atom. The van der Waals surface area contributed by atoms with Crippen LogP contribution in [0.5, 0.6) is 0 Å². The Morgan fingerprint density at radius 1 is 1.42 bits per heavy atom. The van der Waals surface area contributed by atoms with E-state index in [0.29, 0.717) is 16.8 Å². The predicted octanol–water partition coefficient (Wildman–Crippen LogP) is 3.58. The second-order valence-electron chi connectivity index (χ2n) is 5.02. The highest BCUT2D eigenvalue weighted by Gasteiger charge is 2.21. The number of hydrogen-bond donors (Lipinski definition) is 0. The Balaban J connectivity index is 2.96. The van der Waals surface area contributed by atoms with Gasteiger partial charge >= 0.3 is 5.97 Å². The smallest absolute Gasteiger partial charge is 0.349 e. The molecule has 0 amide bonds. The molecule has 0 aliphatic rings. The fourth-order valence-electron chi connectivity index (χ4n) is 2.10. The third kappa shape index (κ3) is 4.20. The number of rotatable bonds is 7. The summed E-state index contributed by atoms with van der Waals surface area (Å²) >= 11 is 1.41. The minimum atomic E-state index is -0.308. The van der Waals surface area contributed by atoms with Crippen molar-refractivity contribution in [2.24, 2.45) is 5.92 Å². The lowest BCUT2D eigenvalue weighted by atomic mass is 10.1. The first-order chi connectivity index (χ1) is 9.03. The zero-order valence-electron chi connectivity index (χ0n) is 12.5. The molecule has 1 rings (SSSR count). The summed E-state index contributed by atoms with van der Waals surface area (Å²) in [7, 11) is 1.40. The van der Waals surface area contributed by atoms with Gasteiger partial charge in [-0.2, -0.15) is 0 Å². The normalized spacial score (nSPS) is 11.1. The summed E-state index contributed by atoms with van der Waals surface area (Å²) in [5, 5.41) is 0.919. The fourth-order valence-corrected chi connectivity index (χ4v) is 3.01. The van der Waals surface area contributed by atoms with Crippen LogP contribution in [0.2, 0.25) is 0 Å². The predicted molar refractivity (Wildman–Crippen MR) is 80.0 cm³/mol. The van der Waals surface area contributed by atoms with E-state index in [1.165, 1.54) is 18.4 Å². The summed E-state index contributed by atoms with van der Waals surface area (Å²) < 4.78 is 4.74. The molecule has 0 bridgehead atoms. The number of esters is 1. The third-order valence-corrected chi connectivity index (χ3v) is 4.09. The van der Waals surface area contributed by atoms with Crippen LogP contribution < -0.4 is 4.90 Å². The fraction of sp³-hybridized carbons (Fsp3) is 0.714. The monoisotopic (exact) mass is 284 g/mol. The highest BCUT2D eigenvalue weighted by atomic mass is 32.1. The molecule has 0 N–H and O–H groups in total. The standard InChI is InChI=1S/C14H24N2O2S/c1-6-11(7-2)16(9-10(3)4)14-15-8-12(19-14)13(17)18-5/h8,10-11H,6-7,9H2,1-5H3. The maximum Gasteiger partial charge on any atom is 0.349 e. The lowest BCUT2D eigenvalue weighted by Crippen LogP contribution is -2.37. The van der Waals surface area contributed by atoms with Crippen LogP contribution in [-0.2, 0) is 4.74 Å². The van der Waals surface area contributed by atoms with Gasteiger partial charge in [0.25, 0.3) is 0 Å². The zero-order valence-corrected chi connectivity index (χ0v) is 13.3. The SMILES string of the molecule is CCC(CC)N(CC(C)C)c1ncc(C(=O)OC)s1. The number of hydrogen-bond acceptors (Lipinski definition) is 5. The van der Waals surface area contributed by atoms with E-state index < -0.39 is 0 Å². The number of anilines is 1. The summed E-state index contributed by atoms with van der Waals surface area (Å²) in [5.74, 6) is 0.254. The number of aromatic nitrogens is 1. The quantitative estimate of drug-likeness (QED) is 0.718. The molecule has 0 atom stereocenters. The van der Waals surface area contributed by atoms with Gasteiger partial charge in [0, 0.05) is 12.6 Å². The maximum absolute atomic E-state index is 11.5. The summed E-state index contributed by atoms with van der Waals surface area (Å²) in [6, 6.07) is 0.471. The maximum atomic E-state index is 11.5. The van der Waals surface area contributed by atoms with Gasteiger partial charge in [-0.15, -0.1) is 0 Å². The Labute approximate surface area is 119 Å². The molecule has 1 aromatic heterocycles. The van der Waals surface area contributed by atoms with Crippen LogP contribution in [0.1, 0.15) is 50.2 Å². The van der Waals surface area contributed by atoms with Gasteiger partial charge in [-0.05, 0) is 18.8 Å². The van der Waals surface area contributed by atoms with Crippen molar-refractivity contribution >= 4 is 22.4 Å². The Kier molecular flexibility index (Phi) is 6.28. The van der Waals surface area contributed by atoms with E-state index in [4.69, 9.17) is 4.74 Å². The van der Waals surface area contributed by atoms with Gasteiger partial charge in [-0.25, -0.2) is 9.78 Å². The summed E-state index contributed by atoms with van der Waals surface area (Å²) in [5.41, 5.74) is 0. The minimum absolute atomic E-state index is 0.308. The molecule has 4 nitrogen and oxygen atoms in total. The third-order valence-electron chi connectivity index (χ3n) is 3.07. The van der Waals surface area contributed by atoms with E-state index in [1.807, 2.05) is 0 Å². The van der Waals surface area contributed by atoms with Crippen molar-refractivity contribution in [2.75, 3.05) is 18.6 Å². The Morgan fingerprint density at radius 3 is 2.53 bits per heavy atom. The summed E-state index contributed by atoms with van der Waals surface area (Å²) in [6.45, 7) is 9.74. The van der Waals surface area contributed by atoms with Gasteiger partial charge in [-0.1, -0.05) is 39.0 Å². The molecule has 0 unspecified atom stereocenters. The van der Waals surface area contributed by atoms with Crippen molar-refractivity contribution in [3.8, 4) is 0 Å². The molecule has 19 heavy (non-hydrogen) atoms. The molecule has 0 aliphatic carbocycles. The highest BCUT2D eigenvalue weighted by molar-refractivity contribution is 7.17. The van der Waals surface area contributed by atoms with Crippen molar-refractivity contribution < 1.29 is 9.53 Å². The first-order valence-corrected chi connectivity index (χ1v) is 7.65. The largest absolute Gasteiger partial charge is 0.465 e. The van der Waals surface area contributed by atoms with Crippen LogP contribution in [0.4, 0.5) is 5.13 Å². The van der Waals surface area contributed by atoms with Crippen LogP contribution in [-0.4, -0.2) is 30.6 Å². The molecule has 0 saturated carbocycles. The highest BCUT2D eigenvalue weighted by Crippen LogP contribution is 2.27. The first kappa shape index (κ1) is 16.0. The van der Waals surface area contributed by atoms with Gasteiger partial charge in [-0.3, -0.25) is 0 Å². The van der Waals surface area contributed by atoms with E-state index in [9.17, 15) is 4.79 Å². The molecular weight excluding hydrogens is 260 g/mol. The Hall–Kier alpha value is -1.10. The van der Waals surface area contributed by atoms with E-state index in [-0.39, 0.29) is 5.97 Å². The van der Waals surface area contributed by atoms with Crippen molar-refractivity contribution in [3.05, 3.63) is 11.1 Å². The summed E-state index contributed by atoms with van der Waals surface area (Å²) in [4.78, 5) is 18.8. The van der Waals surface area contributed by atoms with Gasteiger partial charge in [0.15, 0.2) is 5.13 Å². The molecule has 0 spiro atoms. The van der Waals surface area contributed by atoms with E-state index >= 15 is 0 Å². The van der Waals surface area contributed by atoms with Crippen LogP contribution in [0.15, 0.2) is 6.20 Å². The molecule has 0 aliphatic heterocycles. The zero-order chi connectivity index (χ0) is 14.4. The van der Waals surface area contributed by atoms with Gasteiger partial charge in [0.1, 0.15) is 4.88 Å². The molecule has 0 fully saturated rings. The average Bonchev–Trinajstić information content (AvgIpc) is 2.87. The number of nitrogens with zero attached hydrogens (tertiary/aromatic N) is 2. The van der Waals surface area contributed by atoms with Crippen LogP contribution >= 0.6 is 11.3 Å². The van der Waals surface area contributed by atoms with Crippen LogP contribution in [0, 0.1) is 5.92 Å². The van der Waals surface area contributed by atoms with Gasteiger partial charge < -0.3 is 9.64 Å². The topological polar surface area (TPSA) is 42.4 Å². The van der Waals surface area contributed by atoms with E-state index in [0.717, 1.165) is 24.5 Å². The lowest BCUT2D eigenvalue weighted by Gasteiger charge is -2.31. The molecule has 5 heteroatoms. The molecule has 0 saturated heterocycles. The van der Waals surface area contributed by atoms with Crippen molar-refractivity contribution in [2.45, 2.75) is 46.6 Å². The lowest BCUT2D eigenvalue weighted by molar-refractivity contribution is 0.0606. The van der Waals surface area contributed by atoms with E-state index in [1.54, 1.807) is 6.20 Å². The van der Waals surface area contributed by atoms with Gasteiger partial charge in [0.05, 0.1) is 13.3 Å².